The summed E-state index contributed by atoms with van der Waals surface area (Å²) < 4.78 is 25.0. The average molecular weight is 452 g/mol. The van der Waals surface area contributed by atoms with E-state index in [1.54, 1.807) is 30.3 Å². The largest absolute Gasteiger partial charge is 0.493 e. The number of ether oxygens (including phenoxy) is 2. The molecular weight excluding hydrogens is 433 g/mol. The van der Waals surface area contributed by atoms with E-state index in [0.29, 0.717) is 22.0 Å². The summed E-state index contributed by atoms with van der Waals surface area (Å²) in [5, 5.41) is 7.98. The van der Waals surface area contributed by atoms with Gasteiger partial charge in [0.05, 0.1) is 12.1 Å². The van der Waals surface area contributed by atoms with E-state index in [-0.39, 0.29) is 35.0 Å². The number of carbonyl (C=O) groups is 2. The molecule has 1 aliphatic heterocycles. The maximum Gasteiger partial charge on any atom is 0.241 e. The number of methoxy groups -OCH3 is 1. The monoisotopic (exact) mass is 451 g/mol. The van der Waals surface area contributed by atoms with Crippen molar-refractivity contribution in [2.45, 2.75) is 25.8 Å². The summed E-state index contributed by atoms with van der Waals surface area (Å²) >= 11 is 7.62. The lowest BCUT2D eigenvalue weighted by Crippen LogP contribution is -2.25. The topological polar surface area (TPSA) is 80.2 Å². The van der Waals surface area contributed by atoms with E-state index in [9.17, 15) is 14.0 Å². The first-order valence-electron chi connectivity index (χ1n) is 8.86. The average Bonchev–Trinajstić information content (AvgIpc) is 3.11. The number of benzene rings is 2. The minimum atomic E-state index is -0.545. The summed E-state index contributed by atoms with van der Waals surface area (Å²) in [7, 11) is 1.45. The van der Waals surface area contributed by atoms with Crippen molar-refractivity contribution in [1.29, 1.82) is 0 Å². The van der Waals surface area contributed by atoms with Gasteiger partial charge in [0, 0.05) is 19.4 Å². The molecule has 0 spiro atoms. The molecule has 1 N–H and O–H groups in total. The van der Waals surface area contributed by atoms with E-state index in [1.165, 1.54) is 43.8 Å². The van der Waals surface area contributed by atoms with Crippen LogP contribution in [0.2, 0.25) is 5.02 Å². The van der Waals surface area contributed by atoms with Crippen molar-refractivity contribution >= 4 is 40.3 Å². The molecular formula is C20H19ClFN3O4S. The maximum absolute atomic E-state index is 13.9. The predicted molar refractivity (Wildman–Crippen MR) is 113 cm³/mol. The number of carbonyl (C=O) groups excluding carboxylic acids is 2. The van der Waals surface area contributed by atoms with Gasteiger partial charge in [0.2, 0.25) is 11.8 Å². The van der Waals surface area contributed by atoms with Crippen LogP contribution < -0.4 is 14.8 Å². The SMILES string of the molecule is COc1cc([C@H]2SC(NC(C)=O)=NN2C(C)=O)cc(Cl)c1OCc1ccccc1F. The summed E-state index contributed by atoms with van der Waals surface area (Å²) in [5.74, 6) is -0.399. The summed E-state index contributed by atoms with van der Waals surface area (Å²) in [4.78, 5) is 23.4. The Morgan fingerprint density at radius 3 is 2.67 bits per heavy atom. The third kappa shape index (κ3) is 4.85. The molecule has 2 aromatic rings. The number of nitrogens with one attached hydrogen (secondary N) is 1. The number of hydrogen-bond donors (Lipinski definition) is 1. The van der Waals surface area contributed by atoms with Gasteiger partial charge in [0.15, 0.2) is 16.7 Å². The van der Waals surface area contributed by atoms with E-state index in [2.05, 4.69) is 10.4 Å². The van der Waals surface area contributed by atoms with Crippen LogP contribution in [-0.2, 0) is 16.2 Å². The Hall–Kier alpha value is -2.78. The van der Waals surface area contributed by atoms with E-state index in [0.717, 1.165) is 0 Å². The molecule has 0 radical (unpaired) electrons. The molecule has 0 saturated heterocycles. The number of halogens is 2. The molecule has 2 aromatic carbocycles. The van der Waals surface area contributed by atoms with Gasteiger partial charge in [-0.05, 0) is 23.8 Å². The van der Waals surface area contributed by atoms with E-state index in [1.807, 2.05) is 0 Å². The number of hydrazone groups is 1. The van der Waals surface area contributed by atoms with Crippen LogP contribution in [0.25, 0.3) is 0 Å². The fourth-order valence-electron chi connectivity index (χ4n) is 2.77. The first kappa shape index (κ1) is 21.9. The Balaban J connectivity index is 1.87. The van der Waals surface area contributed by atoms with Crippen LogP contribution >= 0.6 is 23.4 Å². The highest BCUT2D eigenvalue weighted by atomic mass is 35.5. The fraction of sp³-hybridized carbons (Fsp3) is 0.250. The molecule has 30 heavy (non-hydrogen) atoms. The molecule has 0 aliphatic carbocycles. The molecule has 3 rings (SSSR count). The molecule has 0 saturated carbocycles. The van der Waals surface area contributed by atoms with Crippen molar-refractivity contribution in [3.8, 4) is 11.5 Å². The number of rotatable bonds is 5. The number of amidine groups is 1. The second-order valence-electron chi connectivity index (χ2n) is 6.33. The predicted octanol–water partition coefficient (Wildman–Crippen LogP) is 4.07. The highest BCUT2D eigenvalue weighted by Crippen LogP contribution is 2.44. The van der Waals surface area contributed by atoms with Crippen LogP contribution in [0.3, 0.4) is 0 Å². The number of hydrogen-bond acceptors (Lipinski definition) is 6. The molecule has 1 atom stereocenters. The van der Waals surface area contributed by atoms with Crippen molar-refractivity contribution in [3.05, 3.63) is 58.4 Å². The summed E-state index contributed by atoms with van der Waals surface area (Å²) in [6.07, 6.45) is 0. The van der Waals surface area contributed by atoms with Crippen LogP contribution in [-0.4, -0.2) is 29.1 Å². The number of nitrogens with zero attached hydrogens (tertiary/aromatic N) is 2. The molecule has 1 aliphatic rings. The molecule has 10 heteroatoms. The third-order valence-electron chi connectivity index (χ3n) is 4.12. The van der Waals surface area contributed by atoms with Gasteiger partial charge in [-0.3, -0.25) is 9.59 Å². The fourth-order valence-corrected chi connectivity index (χ4v) is 4.16. The summed E-state index contributed by atoms with van der Waals surface area (Å²) in [6.45, 7) is 2.70. The standard InChI is InChI=1S/C20H19ClFN3O4S/c1-11(26)23-20-24-25(12(2)27)19(30-20)14-8-15(21)18(17(9-14)28-3)29-10-13-6-4-5-7-16(13)22/h4-9,19H,10H2,1-3H3,(H,23,24,26)/t19-/m1/s1. The van der Waals surface area contributed by atoms with Gasteiger partial charge in [-0.15, -0.1) is 5.10 Å². The molecule has 1 heterocycles. The van der Waals surface area contributed by atoms with Crippen molar-refractivity contribution in [1.82, 2.24) is 10.3 Å². The van der Waals surface area contributed by atoms with Crippen molar-refractivity contribution in [2.24, 2.45) is 5.10 Å². The van der Waals surface area contributed by atoms with Gasteiger partial charge >= 0.3 is 0 Å². The Morgan fingerprint density at radius 2 is 2.03 bits per heavy atom. The Bertz CT molecular complexity index is 1020. The Kier molecular flexibility index (Phi) is 6.84. The maximum atomic E-state index is 13.9. The van der Waals surface area contributed by atoms with Crippen LogP contribution in [0.1, 0.15) is 30.3 Å². The molecule has 0 bridgehead atoms. The van der Waals surface area contributed by atoms with Crippen molar-refractivity contribution in [2.75, 3.05) is 7.11 Å². The highest BCUT2D eigenvalue weighted by molar-refractivity contribution is 8.14. The van der Waals surface area contributed by atoms with Gasteiger partial charge in [-0.25, -0.2) is 9.40 Å². The second-order valence-corrected chi connectivity index (χ2v) is 7.81. The van der Waals surface area contributed by atoms with Crippen molar-refractivity contribution in [3.63, 3.8) is 0 Å². The zero-order chi connectivity index (χ0) is 21.8. The molecule has 158 valence electrons. The molecule has 0 fully saturated rings. The van der Waals surface area contributed by atoms with E-state index in [4.69, 9.17) is 21.1 Å². The third-order valence-corrected chi connectivity index (χ3v) is 5.50. The molecule has 7 nitrogen and oxygen atoms in total. The van der Waals surface area contributed by atoms with Crippen LogP contribution in [0.4, 0.5) is 4.39 Å². The minimum Gasteiger partial charge on any atom is -0.493 e. The lowest BCUT2D eigenvalue weighted by molar-refractivity contribution is -0.129. The second kappa shape index (κ2) is 9.36. The smallest absolute Gasteiger partial charge is 0.241 e. The molecule has 0 unspecified atom stereocenters. The van der Waals surface area contributed by atoms with Gasteiger partial charge in [-0.1, -0.05) is 41.6 Å². The van der Waals surface area contributed by atoms with E-state index >= 15 is 0 Å². The molecule has 2 amide bonds. The van der Waals surface area contributed by atoms with Gasteiger partial charge < -0.3 is 14.8 Å². The van der Waals surface area contributed by atoms with Crippen molar-refractivity contribution < 1.29 is 23.5 Å². The summed E-state index contributed by atoms with van der Waals surface area (Å²) in [6, 6.07) is 9.57. The lowest BCUT2D eigenvalue weighted by atomic mass is 10.2. The first-order valence-corrected chi connectivity index (χ1v) is 10.1. The van der Waals surface area contributed by atoms with Gasteiger partial charge in [-0.2, -0.15) is 0 Å². The summed E-state index contributed by atoms with van der Waals surface area (Å²) in [5.41, 5.74) is 1.00. The van der Waals surface area contributed by atoms with Gasteiger partial charge in [0.25, 0.3) is 0 Å². The Labute approximate surface area is 182 Å². The van der Waals surface area contributed by atoms with Crippen LogP contribution in [0.5, 0.6) is 11.5 Å². The quantitative estimate of drug-likeness (QED) is 0.741. The Morgan fingerprint density at radius 1 is 1.30 bits per heavy atom. The lowest BCUT2D eigenvalue weighted by Gasteiger charge is -2.21. The number of amides is 2. The van der Waals surface area contributed by atoms with Gasteiger partial charge in [0.1, 0.15) is 17.8 Å². The zero-order valence-corrected chi connectivity index (χ0v) is 18.0. The highest BCUT2D eigenvalue weighted by Gasteiger charge is 2.33. The first-order chi connectivity index (χ1) is 14.3. The molecule has 0 aromatic heterocycles. The number of thioether (sulfide) groups is 1. The van der Waals surface area contributed by atoms with Crippen LogP contribution in [0.15, 0.2) is 41.5 Å². The normalized spacial score (nSPS) is 15.6. The van der Waals surface area contributed by atoms with Crippen LogP contribution in [0, 0.1) is 5.82 Å². The zero-order valence-electron chi connectivity index (χ0n) is 16.4. The minimum absolute atomic E-state index is 0.0321. The van der Waals surface area contributed by atoms with E-state index < -0.39 is 5.37 Å².